The zero-order chi connectivity index (χ0) is 19.4. The molecule has 3 rings (SSSR count). The van der Waals surface area contributed by atoms with Gasteiger partial charge in [-0.1, -0.05) is 38.0 Å². The van der Waals surface area contributed by atoms with Crippen LogP contribution in [0, 0.1) is 18.3 Å². The van der Waals surface area contributed by atoms with Crippen molar-refractivity contribution >= 4 is 17.3 Å². The first-order valence-electron chi connectivity index (χ1n) is 9.72. The van der Waals surface area contributed by atoms with Crippen LogP contribution in [0.1, 0.15) is 69.5 Å². The lowest BCUT2D eigenvalue weighted by molar-refractivity contribution is -0.114. The third-order valence-corrected chi connectivity index (χ3v) is 5.26. The second-order valence-corrected chi connectivity index (χ2v) is 7.53. The summed E-state index contributed by atoms with van der Waals surface area (Å²) in [5, 5.41) is 12.5. The Hall–Kier alpha value is -2.61. The standard InChI is InChI=1S/C22H27N3O2/c1-4-18-17(12-14(2)26)10-11-19-21(18)24-20(22(25-19)23-15(3)27)13-16-8-6-5-7-9-16/h1,12,16,26H,5-11,13H2,2-3H3,(H,23,25,27)/b14-12+. The van der Waals surface area contributed by atoms with E-state index >= 15 is 0 Å². The molecule has 1 aromatic rings. The molecule has 0 radical (unpaired) electrons. The van der Waals surface area contributed by atoms with Gasteiger partial charge in [0, 0.05) is 6.92 Å². The van der Waals surface area contributed by atoms with E-state index in [9.17, 15) is 9.90 Å². The summed E-state index contributed by atoms with van der Waals surface area (Å²) in [5.41, 5.74) is 3.95. The van der Waals surface area contributed by atoms with Crippen molar-refractivity contribution in [2.24, 2.45) is 5.92 Å². The van der Waals surface area contributed by atoms with E-state index in [4.69, 9.17) is 16.4 Å². The van der Waals surface area contributed by atoms with Crippen LogP contribution in [-0.2, 0) is 17.6 Å². The molecule has 0 atom stereocenters. The van der Waals surface area contributed by atoms with Crippen molar-refractivity contribution in [3.05, 3.63) is 34.5 Å². The van der Waals surface area contributed by atoms with Gasteiger partial charge in [-0.3, -0.25) is 4.79 Å². The molecule has 5 nitrogen and oxygen atoms in total. The maximum absolute atomic E-state index is 11.7. The average Bonchev–Trinajstić information content (AvgIpc) is 2.62. The molecule has 2 N–H and O–H groups in total. The van der Waals surface area contributed by atoms with E-state index in [1.807, 2.05) is 0 Å². The maximum Gasteiger partial charge on any atom is 0.222 e. The Morgan fingerprint density at radius 3 is 2.63 bits per heavy atom. The second-order valence-electron chi connectivity index (χ2n) is 7.53. The Balaban J connectivity index is 2.04. The fourth-order valence-electron chi connectivity index (χ4n) is 4.04. The number of aliphatic hydroxyl groups excluding tert-OH is 1. The first-order chi connectivity index (χ1) is 13.0. The molecule has 1 amide bonds. The Morgan fingerprint density at radius 2 is 2.00 bits per heavy atom. The normalized spacial score (nSPS) is 18.0. The van der Waals surface area contributed by atoms with Gasteiger partial charge in [-0.15, -0.1) is 6.42 Å². The van der Waals surface area contributed by atoms with Crippen LogP contribution >= 0.6 is 0 Å². The molecule has 2 aliphatic rings. The van der Waals surface area contributed by atoms with E-state index in [-0.39, 0.29) is 11.7 Å². The van der Waals surface area contributed by atoms with E-state index in [1.165, 1.54) is 39.0 Å². The molecule has 1 aromatic heterocycles. The fourth-order valence-corrected chi connectivity index (χ4v) is 4.04. The first-order valence-corrected chi connectivity index (χ1v) is 9.72. The van der Waals surface area contributed by atoms with Crippen LogP contribution < -0.4 is 5.32 Å². The maximum atomic E-state index is 11.7. The predicted molar refractivity (Wildman–Crippen MR) is 107 cm³/mol. The number of anilines is 1. The van der Waals surface area contributed by atoms with Gasteiger partial charge < -0.3 is 10.4 Å². The van der Waals surface area contributed by atoms with E-state index in [1.54, 1.807) is 13.0 Å². The average molecular weight is 365 g/mol. The van der Waals surface area contributed by atoms with Crippen molar-refractivity contribution in [1.82, 2.24) is 9.97 Å². The van der Waals surface area contributed by atoms with E-state index < -0.39 is 0 Å². The zero-order valence-electron chi connectivity index (χ0n) is 16.1. The van der Waals surface area contributed by atoms with Crippen molar-refractivity contribution in [2.45, 2.75) is 65.2 Å². The SMILES string of the molecule is C#CC1=C(/C=C(\C)O)CCc2nc(NC(C)=O)c(CC3CCCCC3)nc21. The minimum Gasteiger partial charge on any atom is -0.513 e. The number of nitrogens with zero attached hydrogens (tertiary/aromatic N) is 2. The molecule has 142 valence electrons. The van der Waals surface area contributed by atoms with Gasteiger partial charge in [-0.2, -0.15) is 0 Å². The van der Waals surface area contributed by atoms with Gasteiger partial charge in [0.1, 0.15) is 5.69 Å². The molecule has 2 aliphatic carbocycles. The molecular weight excluding hydrogens is 338 g/mol. The summed E-state index contributed by atoms with van der Waals surface area (Å²) in [5.74, 6) is 3.97. The number of aliphatic hydroxyl groups is 1. The number of hydrogen-bond donors (Lipinski definition) is 2. The van der Waals surface area contributed by atoms with Crippen molar-refractivity contribution in [1.29, 1.82) is 0 Å². The lowest BCUT2D eigenvalue weighted by atomic mass is 9.85. The van der Waals surface area contributed by atoms with Crippen LogP contribution in [0.3, 0.4) is 0 Å². The van der Waals surface area contributed by atoms with Gasteiger partial charge in [-0.25, -0.2) is 9.97 Å². The molecule has 1 fully saturated rings. The number of rotatable bonds is 4. The number of carbonyl (C=O) groups is 1. The Labute approximate surface area is 161 Å². The number of carbonyl (C=O) groups excluding carboxylic acids is 1. The summed E-state index contributed by atoms with van der Waals surface area (Å²) in [7, 11) is 0. The predicted octanol–water partition coefficient (Wildman–Crippen LogP) is 4.35. The minimum absolute atomic E-state index is 0.141. The van der Waals surface area contributed by atoms with Crippen molar-refractivity contribution in [3.8, 4) is 12.3 Å². The number of fused-ring (bicyclic) bond motifs is 1. The Bertz CT molecular complexity index is 836. The first kappa shape index (κ1) is 19.2. The number of terminal acetylenes is 1. The van der Waals surface area contributed by atoms with E-state index in [0.717, 1.165) is 29.1 Å². The third-order valence-electron chi connectivity index (χ3n) is 5.26. The molecule has 0 bridgehead atoms. The summed E-state index contributed by atoms with van der Waals surface area (Å²) >= 11 is 0. The van der Waals surface area contributed by atoms with Crippen LogP contribution in [0.5, 0.6) is 0 Å². The minimum atomic E-state index is -0.141. The van der Waals surface area contributed by atoms with Crippen LogP contribution in [-0.4, -0.2) is 21.0 Å². The third kappa shape index (κ3) is 4.57. The van der Waals surface area contributed by atoms with Crippen molar-refractivity contribution in [2.75, 3.05) is 5.32 Å². The lowest BCUT2D eigenvalue weighted by Crippen LogP contribution is -2.19. The molecule has 0 aliphatic heterocycles. The summed E-state index contributed by atoms with van der Waals surface area (Å²) in [6.45, 7) is 3.13. The lowest BCUT2D eigenvalue weighted by Gasteiger charge is -2.24. The van der Waals surface area contributed by atoms with E-state index in [0.29, 0.717) is 30.2 Å². The molecule has 0 saturated heterocycles. The fraction of sp³-hybridized carbons (Fsp3) is 0.500. The summed E-state index contributed by atoms with van der Waals surface area (Å²) in [6, 6.07) is 0. The summed E-state index contributed by atoms with van der Waals surface area (Å²) < 4.78 is 0. The summed E-state index contributed by atoms with van der Waals surface area (Å²) in [4.78, 5) is 21.3. The summed E-state index contributed by atoms with van der Waals surface area (Å²) in [6.07, 6.45) is 15.8. The number of amides is 1. The molecule has 1 heterocycles. The molecule has 27 heavy (non-hydrogen) atoms. The van der Waals surface area contributed by atoms with Gasteiger partial charge in [0.15, 0.2) is 5.82 Å². The van der Waals surface area contributed by atoms with Gasteiger partial charge in [0.05, 0.1) is 22.7 Å². The quantitative estimate of drug-likeness (QED) is 0.614. The number of allylic oxidation sites excluding steroid dienone is 4. The molecule has 1 saturated carbocycles. The Morgan fingerprint density at radius 1 is 1.26 bits per heavy atom. The van der Waals surface area contributed by atoms with Gasteiger partial charge in [-0.05, 0) is 43.8 Å². The van der Waals surface area contributed by atoms with Crippen molar-refractivity contribution in [3.63, 3.8) is 0 Å². The van der Waals surface area contributed by atoms with Crippen LogP contribution in [0.2, 0.25) is 0 Å². The zero-order valence-corrected chi connectivity index (χ0v) is 16.1. The van der Waals surface area contributed by atoms with Gasteiger partial charge in [0.2, 0.25) is 5.91 Å². The largest absolute Gasteiger partial charge is 0.513 e. The van der Waals surface area contributed by atoms with Crippen LogP contribution in [0.25, 0.3) is 5.57 Å². The monoisotopic (exact) mass is 365 g/mol. The molecule has 5 heteroatoms. The number of aromatic nitrogens is 2. The van der Waals surface area contributed by atoms with E-state index in [2.05, 4.69) is 11.2 Å². The number of hydrogen-bond acceptors (Lipinski definition) is 4. The topological polar surface area (TPSA) is 75.1 Å². The number of aryl methyl sites for hydroxylation is 1. The van der Waals surface area contributed by atoms with Gasteiger partial charge >= 0.3 is 0 Å². The highest BCUT2D eigenvalue weighted by Crippen LogP contribution is 2.33. The highest BCUT2D eigenvalue weighted by atomic mass is 16.3. The molecular formula is C22H27N3O2. The van der Waals surface area contributed by atoms with Crippen LogP contribution in [0.15, 0.2) is 17.4 Å². The smallest absolute Gasteiger partial charge is 0.222 e. The molecule has 0 spiro atoms. The van der Waals surface area contributed by atoms with Crippen molar-refractivity contribution < 1.29 is 9.90 Å². The molecule has 0 unspecified atom stereocenters. The highest BCUT2D eigenvalue weighted by Gasteiger charge is 2.24. The van der Waals surface area contributed by atoms with Gasteiger partial charge in [0.25, 0.3) is 0 Å². The van der Waals surface area contributed by atoms with Crippen LogP contribution in [0.4, 0.5) is 5.82 Å². The molecule has 0 aromatic carbocycles. The Kier molecular flexibility index (Phi) is 5.95. The second kappa shape index (κ2) is 8.39. The number of nitrogens with one attached hydrogen (secondary N) is 1. The highest BCUT2D eigenvalue weighted by molar-refractivity contribution is 5.89.